The minimum atomic E-state index is 0.0979. The number of nitrogens with zero attached hydrogens (tertiary/aromatic N) is 3. The first kappa shape index (κ1) is 15.0. The summed E-state index contributed by atoms with van der Waals surface area (Å²) >= 11 is 0. The molecular weight excluding hydrogens is 300 g/mol. The van der Waals surface area contributed by atoms with Crippen molar-refractivity contribution < 1.29 is 4.79 Å². The van der Waals surface area contributed by atoms with Gasteiger partial charge in [0.15, 0.2) is 0 Å². The van der Waals surface area contributed by atoms with Gasteiger partial charge in [0.25, 0.3) is 5.91 Å². The van der Waals surface area contributed by atoms with E-state index >= 15 is 0 Å². The van der Waals surface area contributed by atoms with Gasteiger partial charge in [0.2, 0.25) is 0 Å². The molecule has 0 saturated carbocycles. The lowest BCUT2D eigenvalue weighted by molar-refractivity contribution is 0.0579. The van der Waals surface area contributed by atoms with Crippen LogP contribution in [0.1, 0.15) is 35.3 Å². The molecule has 0 radical (unpaired) electrons. The van der Waals surface area contributed by atoms with Crippen molar-refractivity contribution in [2.45, 2.75) is 38.8 Å². The highest BCUT2D eigenvalue weighted by Gasteiger charge is 2.28. The molecule has 1 aliphatic rings. The van der Waals surface area contributed by atoms with Crippen LogP contribution in [0.2, 0.25) is 0 Å². The molecule has 5 heteroatoms. The predicted octanol–water partition coefficient (Wildman–Crippen LogP) is 3.37. The molecule has 1 atom stereocenters. The van der Waals surface area contributed by atoms with Crippen molar-refractivity contribution >= 4 is 16.8 Å². The molecule has 4 rings (SSSR count). The second-order valence-electron chi connectivity index (χ2n) is 6.65. The largest absolute Gasteiger partial charge is 0.351 e. The van der Waals surface area contributed by atoms with E-state index in [1.807, 2.05) is 34.0 Å². The first-order chi connectivity index (χ1) is 11.7. The van der Waals surface area contributed by atoms with Gasteiger partial charge in [0, 0.05) is 29.8 Å². The van der Waals surface area contributed by atoms with Crippen molar-refractivity contribution in [2.75, 3.05) is 6.54 Å². The smallest absolute Gasteiger partial charge is 0.270 e. The molecule has 0 spiro atoms. The Bertz CT molecular complexity index is 850. The van der Waals surface area contributed by atoms with Crippen LogP contribution in [0.3, 0.4) is 0 Å². The van der Waals surface area contributed by atoms with E-state index < -0.39 is 0 Å². The average Bonchev–Trinajstić information content (AvgIpc) is 3.23. The van der Waals surface area contributed by atoms with E-state index in [9.17, 15) is 4.79 Å². The van der Waals surface area contributed by atoms with E-state index in [-0.39, 0.29) is 11.9 Å². The molecule has 5 nitrogen and oxygen atoms in total. The van der Waals surface area contributed by atoms with Crippen molar-refractivity contribution in [2.24, 2.45) is 0 Å². The summed E-state index contributed by atoms with van der Waals surface area (Å²) in [5.41, 5.74) is 2.91. The number of likely N-dealkylation sites (tertiary alicyclic amines) is 1. The number of rotatable bonds is 3. The summed E-state index contributed by atoms with van der Waals surface area (Å²) in [6, 6.07) is 10.3. The summed E-state index contributed by atoms with van der Waals surface area (Å²) in [7, 11) is 0. The molecular formula is C19H22N4O. The topological polar surface area (TPSA) is 53.9 Å². The molecule has 24 heavy (non-hydrogen) atoms. The highest BCUT2D eigenvalue weighted by molar-refractivity contribution is 5.98. The Morgan fingerprint density at radius 2 is 2.25 bits per heavy atom. The third-order valence-electron chi connectivity index (χ3n) is 4.85. The standard InChI is InChI=1S/C19H22N4O/c1-14-6-7-17-15(11-14)12-18(21-17)19(24)23-10-3-2-5-16(23)13-22-9-4-8-20-22/h4,6-9,11-12,16,21H,2-3,5,10,13H2,1H3/t16-/m1/s1. The molecule has 1 aliphatic heterocycles. The van der Waals surface area contributed by atoms with Crippen molar-refractivity contribution in [1.29, 1.82) is 0 Å². The van der Waals surface area contributed by atoms with Crippen LogP contribution in [0.15, 0.2) is 42.7 Å². The Hall–Kier alpha value is -2.56. The van der Waals surface area contributed by atoms with Crippen LogP contribution in [0.4, 0.5) is 0 Å². The Labute approximate surface area is 141 Å². The molecule has 1 N–H and O–H groups in total. The monoisotopic (exact) mass is 322 g/mol. The Morgan fingerprint density at radius 1 is 1.33 bits per heavy atom. The molecule has 1 amide bonds. The van der Waals surface area contributed by atoms with Gasteiger partial charge >= 0.3 is 0 Å². The van der Waals surface area contributed by atoms with Crippen LogP contribution in [0.25, 0.3) is 10.9 Å². The zero-order valence-corrected chi connectivity index (χ0v) is 13.9. The van der Waals surface area contributed by atoms with Crippen LogP contribution in [-0.2, 0) is 6.54 Å². The van der Waals surface area contributed by atoms with Crippen molar-refractivity contribution in [3.8, 4) is 0 Å². The van der Waals surface area contributed by atoms with E-state index in [1.165, 1.54) is 12.0 Å². The third-order valence-corrected chi connectivity index (χ3v) is 4.85. The summed E-state index contributed by atoms with van der Waals surface area (Å²) in [6.07, 6.45) is 7.02. The minimum Gasteiger partial charge on any atom is -0.351 e. The molecule has 124 valence electrons. The highest BCUT2D eigenvalue weighted by Crippen LogP contribution is 2.23. The van der Waals surface area contributed by atoms with Gasteiger partial charge in [0.05, 0.1) is 12.6 Å². The number of hydrogen-bond donors (Lipinski definition) is 1. The molecule has 1 fully saturated rings. The van der Waals surface area contributed by atoms with Gasteiger partial charge in [-0.25, -0.2) is 0 Å². The number of carbonyl (C=O) groups excluding carboxylic acids is 1. The number of piperidine rings is 1. The minimum absolute atomic E-state index is 0.0979. The Morgan fingerprint density at radius 3 is 3.08 bits per heavy atom. The van der Waals surface area contributed by atoms with E-state index in [0.717, 1.165) is 36.8 Å². The van der Waals surface area contributed by atoms with E-state index in [0.29, 0.717) is 5.69 Å². The SMILES string of the molecule is Cc1ccc2[nH]c(C(=O)N3CCCC[C@@H]3Cn3cccn3)cc2c1. The number of aryl methyl sites for hydroxylation is 1. The fraction of sp³-hybridized carbons (Fsp3) is 0.368. The lowest BCUT2D eigenvalue weighted by Crippen LogP contribution is -2.46. The fourth-order valence-corrected chi connectivity index (χ4v) is 3.60. The molecule has 2 aromatic heterocycles. The summed E-state index contributed by atoms with van der Waals surface area (Å²) in [5.74, 6) is 0.0979. The number of H-pyrrole nitrogens is 1. The maximum Gasteiger partial charge on any atom is 0.270 e. The number of aromatic amines is 1. The quantitative estimate of drug-likeness (QED) is 0.804. The Balaban J connectivity index is 1.60. The van der Waals surface area contributed by atoms with E-state index in [4.69, 9.17) is 0 Å². The predicted molar refractivity (Wildman–Crippen MR) is 93.9 cm³/mol. The van der Waals surface area contributed by atoms with Crippen LogP contribution in [0, 0.1) is 6.92 Å². The first-order valence-corrected chi connectivity index (χ1v) is 8.58. The normalized spacial score (nSPS) is 18.2. The first-order valence-electron chi connectivity index (χ1n) is 8.58. The van der Waals surface area contributed by atoms with Crippen LogP contribution >= 0.6 is 0 Å². The number of nitrogens with one attached hydrogen (secondary N) is 1. The third kappa shape index (κ3) is 2.82. The molecule has 0 bridgehead atoms. The number of carbonyl (C=O) groups is 1. The molecule has 1 aromatic carbocycles. The molecule has 0 aliphatic carbocycles. The number of fused-ring (bicyclic) bond motifs is 1. The van der Waals surface area contributed by atoms with Gasteiger partial charge in [0.1, 0.15) is 5.69 Å². The number of amides is 1. The lowest BCUT2D eigenvalue weighted by atomic mass is 10.0. The van der Waals surface area contributed by atoms with Gasteiger partial charge in [-0.3, -0.25) is 9.48 Å². The fourth-order valence-electron chi connectivity index (χ4n) is 3.60. The molecule has 1 saturated heterocycles. The summed E-state index contributed by atoms with van der Waals surface area (Å²) in [5, 5.41) is 5.39. The van der Waals surface area contributed by atoms with Gasteiger partial charge in [-0.1, -0.05) is 11.6 Å². The summed E-state index contributed by atoms with van der Waals surface area (Å²) < 4.78 is 1.92. The maximum atomic E-state index is 13.1. The van der Waals surface area contributed by atoms with Crippen LogP contribution < -0.4 is 0 Å². The second kappa shape index (κ2) is 6.15. The van der Waals surface area contributed by atoms with E-state index in [1.54, 1.807) is 6.20 Å². The summed E-state index contributed by atoms with van der Waals surface area (Å²) in [6.45, 7) is 3.65. The zero-order chi connectivity index (χ0) is 16.5. The van der Waals surface area contributed by atoms with Gasteiger partial charge in [-0.05, 0) is 50.5 Å². The summed E-state index contributed by atoms with van der Waals surface area (Å²) in [4.78, 5) is 18.4. The van der Waals surface area contributed by atoms with Crippen molar-refractivity contribution in [3.05, 3.63) is 54.0 Å². The number of benzene rings is 1. The highest BCUT2D eigenvalue weighted by atomic mass is 16.2. The molecule has 3 aromatic rings. The van der Waals surface area contributed by atoms with Gasteiger partial charge in [-0.15, -0.1) is 0 Å². The van der Waals surface area contributed by atoms with Crippen LogP contribution in [0.5, 0.6) is 0 Å². The number of hydrogen-bond acceptors (Lipinski definition) is 2. The molecule has 3 heterocycles. The zero-order valence-electron chi connectivity index (χ0n) is 13.9. The van der Waals surface area contributed by atoms with E-state index in [2.05, 4.69) is 29.1 Å². The Kier molecular flexibility index (Phi) is 3.84. The second-order valence-corrected chi connectivity index (χ2v) is 6.65. The van der Waals surface area contributed by atoms with Crippen LogP contribution in [-0.4, -0.2) is 38.2 Å². The number of aromatic nitrogens is 3. The maximum absolute atomic E-state index is 13.1. The molecule has 0 unspecified atom stereocenters. The van der Waals surface area contributed by atoms with Gasteiger partial charge in [-0.2, -0.15) is 5.10 Å². The lowest BCUT2D eigenvalue weighted by Gasteiger charge is -2.35. The average molecular weight is 322 g/mol. The van der Waals surface area contributed by atoms with Gasteiger partial charge < -0.3 is 9.88 Å². The van der Waals surface area contributed by atoms with Crippen molar-refractivity contribution in [3.63, 3.8) is 0 Å². The van der Waals surface area contributed by atoms with Crippen molar-refractivity contribution in [1.82, 2.24) is 19.7 Å².